The highest BCUT2D eigenvalue weighted by atomic mass is 16.5. The lowest BCUT2D eigenvalue weighted by Crippen LogP contribution is -2.44. The number of esters is 2. The van der Waals surface area contributed by atoms with Gasteiger partial charge in [0.15, 0.2) is 18.1 Å². The summed E-state index contributed by atoms with van der Waals surface area (Å²) in [5, 5.41) is 2.53. The molecule has 0 fully saturated rings. The summed E-state index contributed by atoms with van der Waals surface area (Å²) in [6, 6.07) is 13.0. The van der Waals surface area contributed by atoms with Gasteiger partial charge in [0.25, 0.3) is 5.91 Å². The molecule has 1 N–H and O–H groups in total. The monoisotopic (exact) mass is 401 g/mol. The molecule has 8 nitrogen and oxygen atoms in total. The van der Waals surface area contributed by atoms with Crippen molar-refractivity contribution < 1.29 is 33.3 Å². The zero-order chi connectivity index (χ0) is 21.2. The fourth-order valence-electron chi connectivity index (χ4n) is 2.68. The van der Waals surface area contributed by atoms with Crippen LogP contribution in [0.3, 0.4) is 0 Å². The summed E-state index contributed by atoms with van der Waals surface area (Å²) >= 11 is 0. The van der Waals surface area contributed by atoms with E-state index < -0.39 is 30.5 Å². The molecule has 0 aromatic heterocycles. The molecule has 0 aliphatic carbocycles. The summed E-state index contributed by atoms with van der Waals surface area (Å²) in [4.78, 5) is 36.6. The molecule has 154 valence electrons. The van der Waals surface area contributed by atoms with Crippen molar-refractivity contribution in [3.8, 4) is 11.5 Å². The molecule has 0 aliphatic heterocycles. The van der Waals surface area contributed by atoms with E-state index in [0.29, 0.717) is 5.75 Å². The maximum absolute atomic E-state index is 12.3. The van der Waals surface area contributed by atoms with Gasteiger partial charge in [-0.05, 0) is 17.7 Å². The lowest BCUT2D eigenvalue weighted by atomic mass is 10.1. The Labute approximate surface area is 168 Å². The number of ether oxygens (including phenoxy) is 4. The van der Waals surface area contributed by atoms with E-state index in [9.17, 15) is 14.4 Å². The SMILES string of the molecule is COC(=O)[C@@H](Cc1ccccc1)NC(=O)COC(=O)c1cccc(OC)c1OC. The molecular formula is C21H23NO7. The Kier molecular flexibility index (Phi) is 8.02. The second kappa shape index (κ2) is 10.7. The van der Waals surface area contributed by atoms with Crippen molar-refractivity contribution in [2.45, 2.75) is 12.5 Å². The van der Waals surface area contributed by atoms with Crippen molar-refractivity contribution in [3.63, 3.8) is 0 Å². The number of hydrogen-bond acceptors (Lipinski definition) is 7. The molecule has 0 heterocycles. The van der Waals surface area contributed by atoms with E-state index in [0.717, 1.165) is 5.56 Å². The summed E-state index contributed by atoms with van der Waals surface area (Å²) in [6.07, 6.45) is 0.247. The van der Waals surface area contributed by atoms with E-state index in [-0.39, 0.29) is 17.7 Å². The van der Waals surface area contributed by atoms with Gasteiger partial charge in [-0.3, -0.25) is 4.79 Å². The molecule has 0 radical (unpaired) electrons. The summed E-state index contributed by atoms with van der Waals surface area (Å²) in [7, 11) is 4.08. The van der Waals surface area contributed by atoms with Crippen molar-refractivity contribution in [1.29, 1.82) is 0 Å². The zero-order valence-electron chi connectivity index (χ0n) is 16.5. The van der Waals surface area contributed by atoms with Gasteiger partial charge in [-0.1, -0.05) is 36.4 Å². The fourth-order valence-corrected chi connectivity index (χ4v) is 2.68. The molecule has 0 aliphatic rings. The van der Waals surface area contributed by atoms with Crippen molar-refractivity contribution in [2.75, 3.05) is 27.9 Å². The Bertz CT molecular complexity index is 851. The molecule has 2 aromatic carbocycles. The van der Waals surface area contributed by atoms with Crippen molar-refractivity contribution in [1.82, 2.24) is 5.32 Å². The van der Waals surface area contributed by atoms with E-state index in [1.807, 2.05) is 30.3 Å². The molecule has 0 spiro atoms. The minimum atomic E-state index is -0.903. The standard InChI is InChI=1S/C21H23NO7/c1-26-17-11-7-10-15(19(17)27-2)20(24)29-13-18(23)22-16(21(25)28-3)12-14-8-5-4-6-9-14/h4-11,16H,12-13H2,1-3H3,(H,22,23)/t16-/m1/s1. The van der Waals surface area contributed by atoms with Gasteiger partial charge >= 0.3 is 11.9 Å². The van der Waals surface area contributed by atoms with Crippen LogP contribution in [0.25, 0.3) is 0 Å². The number of para-hydroxylation sites is 1. The minimum Gasteiger partial charge on any atom is -0.493 e. The summed E-state index contributed by atoms with van der Waals surface area (Å²) in [6.45, 7) is -0.568. The molecule has 1 atom stereocenters. The third-order valence-electron chi connectivity index (χ3n) is 4.06. The highest BCUT2D eigenvalue weighted by molar-refractivity contribution is 5.95. The quantitative estimate of drug-likeness (QED) is 0.639. The Morgan fingerprint density at radius 2 is 1.66 bits per heavy atom. The maximum Gasteiger partial charge on any atom is 0.342 e. The first-order valence-corrected chi connectivity index (χ1v) is 8.79. The van der Waals surface area contributed by atoms with Crippen LogP contribution in [0, 0.1) is 0 Å². The normalized spacial score (nSPS) is 11.1. The third-order valence-corrected chi connectivity index (χ3v) is 4.06. The highest BCUT2D eigenvalue weighted by Crippen LogP contribution is 2.31. The van der Waals surface area contributed by atoms with E-state index >= 15 is 0 Å². The third kappa shape index (κ3) is 5.97. The first-order chi connectivity index (χ1) is 14.0. The second-order valence-corrected chi connectivity index (χ2v) is 5.95. The van der Waals surface area contributed by atoms with Gasteiger partial charge in [0.1, 0.15) is 11.6 Å². The summed E-state index contributed by atoms with van der Waals surface area (Å²) in [5.41, 5.74) is 0.967. The van der Waals surface area contributed by atoms with Gasteiger partial charge in [-0.15, -0.1) is 0 Å². The predicted octanol–water partition coefficient (Wildman–Crippen LogP) is 1.76. The molecule has 2 aromatic rings. The average Bonchev–Trinajstić information content (AvgIpc) is 2.76. The first-order valence-electron chi connectivity index (χ1n) is 8.79. The van der Waals surface area contributed by atoms with Crippen molar-refractivity contribution in [3.05, 3.63) is 59.7 Å². The number of carbonyl (C=O) groups excluding carboxylic acids is 3. The molecule has 0 unspecified atom stereocenters. The van der Waals surface area contributed by atoms with Crippen molar-refractivity contribution in [2.24, 2.45) is 0 Å². The number of methoxy groups -OCH3 is 3. The van der Waals surface area contributed by atoms with E-state index in [4.69, 9.17) is 18.9 Å². The van der Waals surface area contributed by atoms with E-state index in [1.165, 1.54) is 27.4 Å². The number of amides is 1. The Morgan fingerprint density at radius 3 is 2.28 bits per heavy atom. The number of benzene rings is 2. The van der Waals surface area contributed by atoms with Crippen LogP contribution in [0.1, 0.15) is 15.9 Å². The summed E-state index contributed by atoms with van der Waals surface area (Å²) < 4.78 is 20.1. The largest absolute Gasteiger partial charge is 0.493 e. The molecule has 0 saturated heterocycles. The van der Waals surface area contributed by atoms with Crippen LogP contribution in [0.4, 0.5) is 0 Å². The number of rotatable bonds is 9. The first kappa shape index (κ1) is 21.7. The van der Waals surface area contributed by atoms with Crippen LogP contribution in [0.2, 0.25) is 0 Å². The average molecular weight is 401 g/mol. The molecular weight excluding hydrogens is 378 g/mol. The highest BCUT2D eigenvalue weighted by Gasteiger charge is 2.23. The Hall–Kier alpha value is -3.55. The molecule has 0 bridgehead atoms. The van der Waals surface area contributed by atoms with Crippen LogP contribution in [-0.2, 0) is 25.5 Å². The smallest absolute Gasteiger partial charge is 0.342 e. The minimum absolute atomic E-state index is 0.119. The molecule has 2 rings (SSSR count). The predicted molar refractivity (Wildman–Crippen MR) is 104 cm³/mol. The second-order valence-electron chi connectivity index (χ2n) is 5.95. The summed E-state index contributed by atoms with van der Waals surface area (Å²) in [5.74, 6) is -1.42. The fraction of sp³-hybridized carbons (Fsp3) is 0.286. The van der Waals surface area contributed by atoms with Gasteiger partial charge < -0.3 is 24.3 Å². The van der Waals surface area contributed by atoms with Gasteiger partial charge in [0, 0.05) is 6.42 Å². The molecule has 0 saturated carbocycles. The Balaban J connectivity index is 2.00. The Morgan fingerprint density at radius 1 is 0.931 bits per heavy atom. The number of hydrogen-bond donors (Lipinski definition) is 1. The number of nitrogens with one attached hydrogen (secondary N) is 1. The number of carbonyl (C=O) groups is 3. The van der Waals surface area contributed by atoms with Crippen LogP contribution in [0.15, 0.2) is 48.5 Å². The van der Waals surface area contributed by atoms with Gasteiger partial charge in [-0.25, -0.2) is 9.59 Å². The van der Waals surface area contributed by atoms with E-state index in [2.05, 4.69) is 5.32 Å². The molecule has 1 amide bonds. The van der Waals surface area contributed by atoms with Gasteiger partial charge in [0.2, 0.25) is 0 Å². The molecule has 29 heavy (non-hydrogen) atoms. The lowest BCUT2D eigenvalue weighted by molar-refractivity contribution is -0.145. The zero-order valence-corrected chi connectivity index (χ0v) is 16.5. The van der Waals surface area contributed by atoms with Crippen LogP contribution >= 0.6 is 0 Å². The lowest BCUT2D eigenvalue weighted by Gasteiger charge is -2.17. The topological polar surface area (TPSA) is 100 Å². The van der Waals surface area contributed by atoms with Gasteiger partial charge in [-0.2, -0.15) is 0 Å². The molecule has 8 heteroatoms. The van der Waals surface area contributed by atoms with Crippen LogP contribution < -0.4 is 14.8 Å². The van der Waals surface area contributed by atoms with Crippen LogP contribution in [0.5, 0.6) is 11.5 Å². The van der Waals surface area contributed by atoms with Crippen molar-refractivity contribution >= 4 is 17.8 Å². The van der Waals surface area contributed by atoms with Gasteiger partial charge in [0.05, 0.1) is 21.3 Å². The maximum atomic E-state index is 12.3. The van der Waals surface area contributed by atoms with E-state index in [1.54, 1.807) is 12.1 Å². The van der Waals surface area contributed by atoms with Crippen LogP contribution in [-0.4, -0.2) is 51.8 Å².